The minimum Gasteiger partial charge on any atom is -0.449 e. The number of carbonyl (C=O) groups is 1. The predicted octanol–water partition coefficient (Wildman–Crippen LogP) is 3.02. The Hall–Kier alpha value is -1.14. The number of rotatable bonds is 6. The van der Waals surface area contributed by atoms with Gasteiger partial charge >= 0.3 is 6.09 Å². The van der Waals surface area contributed by atoms with Crippen molar-refractivity contribution in [2.75, 3.05) is 18.5 Å². The monoisotopic (exact) mass is 271 g/mol. The first-order valence-corrected chi connectivity index (χ1v) is 7.03. The number of carbonyl (C=O) groups excluding carboxylic acids is 1. The van der Waals surface area contributed by atoms with E-state index in [2.05, 4.69) is 15.6 Å². The van der Waals surface area contributed by atoms with Crippen LogP contribution in [0.5, 0.6) is 0 Å². The summed E-state index contributed by atoms with van der Waals surface area (Å²) in [4.78, 5) is 15.8. The van der Waals surface area contributed by atoms with Gasteiger partial charge in [0.25, 0.3) is 0 Å². The molecule has 0 bridgehead atoms. The lowest BCUT2D eigenvalue weighted by molar-refractivity contribution is 0.147. The zero-order chi connectivity index (χ0) is 13.5. The third-order valence-electron chi connectivity index (χ3n) is 2.23. The third kappa shape index (κ3) is 5.01. The van der Waals surface area contributed by atoms with Crippen LogP contribution in [-0.2, 0) is 4.74 Å². The highest BCUT2D eigenvalue weighted by Crippen LogP contribution is 2.20. The summed E-state index contributed by atoms with van der Waals surface area (Å²) in [5.74, 6) is 0.330. The van der Waals surface area contributed by atoms with Gasteiger partial charge in [-0.25, -0.2) is 9.78 Å². The SMILES string of the molecule is CCNC(C)c1csc(NC(=O)OCC(C)C)n1. The first kappa shape index (κ1) is 14.9. The molecule has 0 fully saturated rings. The van der Waals surface area contributed by atoms with Crippen molar-refractivity contribution in [1.82, 2.24) is 10.3 Å². The maximum Gasteiger partial charge on any atom is 0.413 e. The summed E-state index contributed by atoms with van der Waals surface area (Å²) in [5.41, 5.74) is 0.931. The van der Waals surface area contributed by atoms with Crippen molar-refractivity contribution in [2.24, 2.45) is 5.92 Å². The van der Waals surface area contributed by atoms with Crippen LogP contribution in [0.15, 0.2) is 5.38 Å². The molecule has 0 saturated heterocycles. The third-order valence-corrected chi connectivity index (χ3v) is 3.01. The Morgan fingerprint density at radius 3 is 2.83 bits per heavy atom. The van der Waals surface area contributed by atoms with Gasteiger partial charge in [0.2, 0.25) is 0 Å². The van der Waals surface area contributed by atoms with Gasteiger partial charge in [0.1, 0.15) is 0 Å². The molecule has 0 saturated carbocycles. The first-order chi connectivity index (χ1) is 8.52. The van der Waals surface area contributed by atoms with Crippen LogP contribution in [0.25, 0.3) is 0 Å². The van der Waals surface area contributed by atoms with E-state index in [0.717, 1.165) is 12.2 Å². The Kier molecular flexibility index (Phi) is 6.07. The van der Waals surface area contributed by atoms with Gasteiger partial charge < -0.3 is 10.1 Å². The second-order valence-electron chi connectivity index (χ2n) is 4.47. The molecular weight excluding hydrogens is 250 g/mol. The highest BCUT2D eigenvalue weighted by Gasteiger charge is 2.11. The number of nitrogens with zero attached hydrogens (tertiary/aromatic N) is 1. The second kappa shape index (κ2) is 7.33. The molecule has 102 valence electrons. The zero-order valence-corrected chi connectivity index (χ0v) is 12.1. The highest BCUT2D eigenvalue weighted by atomic mass is 32.1. The van der Waals surface area contributed by atoms with E-state index in [1.807, 2.05) is 33.1 Å². The molecule has 0 aliphatic rings. The predicted molar refractivity (Wildman–Crippen MR) is 74.0 cm³/mol. The molecule has 18 heavy (non-hydrogen) atoms. The molecule has 0 aliphatic heterocycles. The van der Waals surface area contributed by atoms with Crippen LogP contribution in [0.3, 0.4) is 0 Å². The lowest BCUT2D eigenvalue weighted by Gasteiger charge is -2.08. The fraction of sp³-hybridized carbons (Fsp3) is 0.667. The molecule has 1 heterocycles. The molecule has 1 amide bonds. The van der Waals surface area contributed by atoms with E-state index < -0.39 is 6.09 Å². The van der Waals surface area contributed by atoms with Crippen LogP contribution in [-0.4, -0.2) is 24.2 Å². The number of thiazole rings is 1. The molecule has 2 N–H and O–H groups in total. The fourth-order valence-electron chi connectivity index (χ4n) is 1.32. The minimum atomic E-state index is -0.444. The van der Waals surface area contributed by atoms with Gasteiger partial charge in [-0.15, -0.1) is 11.3 Å². The maximum absolute atomic E-state index is 11.4. The van der Waals surface area contributed by atoms with Crippen LogP contribution in [0.4, 0.5) is 9.93 Å². The van der Waals surface area contributed by atoms with Crippen molar-refractivity contribution in [2.45, 2.75) is 33.7 Å². The second-order valence-corrected chi connectivity index (χ2v) is 5.33. The molecule has 1 rings (SSSR count). The number of nitrogens with one attached hydrogen (secondary N) is 2. The quantitative estimate of drug-likeness (QED) is 0.835. The van der Waals surface area contributed by atoms with E-state index in [9.17, 15) is 4.79 Å². The van der Waals surface area contributed by atoms with Gasteiger partial charge in [-0.05, 0) is 19.4 Å². The first-order valence-electron chi connectivity index (χ1n) is 6.15. The molecule has 1 aromatic rings. The van der Waals surface area contributed by atoms with Gasteiger partial charge in [-0.1, -0.05) is 20.8 Å². The number of ether oxygens (including phenoxy) is 1. The van der Waals surface area contributed by atoms with Crippen molar-refractivity contribution in [3.05, 3.63) is 11.1 Å². The number of hydrogen-bond acceptors (Lipinski definition) is 5. The number of hydrogen-bond donors (Lipinski definition) is 2. The van der Waals surface area contributed by atoms with Crippen LogP contribution in [0, 0.1) is 5.92 Å². The Balaban J connectivity index is 2.46. The Labute approximate surface area is 112 Å². The number of anilines is 1. The molecule has 1 atom stereocenters. The average molecular weight is 271 g/mol. The molecule has 0 aromatic carbocycles. The molecule has 1 aromatic heterocycles. The average Bonchev–Trinajstić information content (AvgIpc) is 2.75. The zero-order valence-electron chi connectivity index (χ0n) is 11.3. The van der Waals surface area contributed by atoms with E-state index in [0.29, 0.717) is 17.7 Å². The highest BCUT2D eigenvalue weighted by molar-refractivity contribution is 7.13. The van der Waals surface area contributed by atoms with E-state index in [1.54, 1.807) is 0 Å². The Morgan fingerprint density at radius 1 is 1.50 bits per heavy atom. The summed E-state index contributed by atoms with van der Waals surface area (Å²) in [6.45, 7) is 9.38. The molecule has 0 spiro atoms. The van der Waals surface area contributed by atoms with E-state index in [4.69, 9.17) is 4.74 Å². The smallest absolute Gasteiger partial charge is 0.413 e. The molecule has 6 heteroatoms. The Bertz CT molecular complexity index is 379. The molecule has 0 radical (unpaired) electrons. The topological polar surface area (TPSA) is 63.2 Å². The molecule has 1 unspecified atom stereocenters. The van der Waals surface area contributed by atoms with Gasteiger partial charge in [0.05, 0.1) is 12.3 Å². The van der Waals surface area contributed by atoms with Gasteiger partial charge in [-0.2, -0.15) is 0 Å². The van der Waals surface area contributed by atoms with Crippen molar-refractivity contribution >= 4 is 22.6 Å². The van der Waals surface area contributed by atoms with Gasteiger partial charge in [0.15, 0.2) is 5.13 Å². The summed E-state index contributed by atoms with van der Waals surface area (Å²) in [6.07, 6.45) is -0.444. The summed E-state index contributed by atoms with van der Waals surface area (Å²) in [6, 6.07) is 0.188. The summed E-state index contributed by atoms with van der Waals surface area (Å²) < 4.78 is 5.03. The summed E-state index contributed by atoms with van der Waals surface area (Å²) >= 11 is 1.40. The molecule has 0 aliphatic carbocycles. The van der Waals surface area contributed by atoms with Crippen LogP contribution < -0.4 is 10.6 Å². The van der Waals surface area contributed by atoms with Gasteiger partial charge in [-0.3, -0.25) is 5.32 Å². The fourth-order valence-corrected chi connectivity index (χ4v) is 2.11. The van der Waals surface area contributed by atoms with E-state index >= 15 is 0 Å². The number of amides is 1. The lowest BCUT2D eigenvalue weighted by Crippen LogP contribution is -2.19. The van der Waals surface area contributed by atoms with Crippen molar-refractivity contribution in [3.8, 4) is 0 Å². The van der Waals surface area contributed by atoms with Crippen molar-refractivity contribution in [1.29, 1.82) is 0 Å². The largest absolute Gasteiger partial charge is 0.449 e. The van der Waals surface area contributed by atoms with Crippen LogP contribution >= 0.6 is 11.3 Å². The minimum absolute atomic E-state index is 0.188. The standard InChI is InChI=1S/C12H21N3O2S/c1-5-13-9(4)10-7-18-11(14-10)15-12(16)17-6-8(2)3/h7-9,13H,5-6H2,1-4H3,(H,14,15,16). The normalized spacial score (nSPS) is 12.5. The van der Waals surface area contributed by atoms with E-state index in [1.165, 1.54) is 11.3 Å². The lowest BCUT2D eigenvalue weighted by atomic mass is 10.2. The van der Waals surface area contributed by atoms with E-state index in [-0.39, 0.29) is 6.04 Å². The van der Waals surface area contributed by atoms with Crippen LogP contribution in [0.2, 0.25) is 0 Å². The van der Waals surface area contributed by atoms with Crippen molar-refractivity contribution < 1.29 is 9.53 Å². The molecule has 5 nitrogen and oxygen atoms in total. The maximum atomic E-state index is 11.4. The van der Waals surface area contributed by atoms with Crippen molar-refractivity contribution in [3.63, 3.8) is 0 Å². The number of aromatic nitrogens is 1. The van der Waals surface area contributed by atoms with Gasteiger partial charge in [0, 0.05) is 11.4 Å². The summed E-state index contributed by atoms with van der Waals surface area (Å²) in [5, 5.41) is 8.41. The molecular formula is C12H21N3O2S. The van der Waals surface area contributed by atoms with Crippen LogP contribution in [0.1, 0.15) is 39.4 Å². The summed E-state index contributed by atoms with van der Waals surface area (Å²) in [7, 11) is 0. The Morgan fingerprint density at radius 2 is 2.22 bits per heavy atom.